The molecular formula is C12H18ClFN2. The summed E-state index contributed by atoms with van der Waals surface area (Å²) in [6, 6.07) is 4.17. The van der Waals surface area contributed by atoms with Crippen molar-refractivity contribution < 1.29 is 4.39 Å². The van der Waals surface area contributed by atoms with Gasteiger partial charge < -0.3 is 0 Å². The fourth-order valence-corrected chi connectivity index (χ4v) is 1.90. The molecule has 0 aliphatic carbocycles. The van der Waals surface area contributed by atoms with Gasteiger partial charge in [0.15, 0.2) is 0 Å². The molecule has 0 saturated heterocycles. The monoisotopic (exact) mass is 244 g/mol. The van der Waals surface area contributed by atoms with Gasteiger partial charge in [0.1, 0.15) is 5.82 Å². The van der Waals surface area contributed by atoms with Crippen molar-refractivity contribution in [3.05, 3.63) is 34.6 Å². The molecule has 0 fully saturated rings. The van der Waals surface area contributed by atoms with Crippen LogP contribution in [-0.4, -0.2) is 0 Å². The van der Waals surface area contributed by atoms with E-state index in [9.17, 15) is 4.39 Å². The zero-order chi connectivity index (χ0) is 12.3. The first-order valence-electron chi connectivity index (χ1n) is 5.33. The molecule has 0 aliphatic heterocycles. The molecule has 0 amide bonds. The van der Waals surface area contributed by atoms with Crippen molar-refractivity contribution in [2.45, 2.75) is 33.2 Å². The van der Waals surface area contributed by atoms with E-state index in [0.717, 1.165) is 6.42 Å². The molecule has 2 nitrogen and oxygen atoms in total. The van der Waals surface area contributed by atoms with E-state index >= 15 is 0 Å². The molecular weight excluding hydrogens is 227 g/mol. The lowest BCUT2D eigenvalue weighted by atomic mass is 9.78. The number of hydrogen-bond acceptors (Lipinski definition) is 2. The maximum Gasteiger partial charge on any atom is 0.123 e. The summed E-state index contributed by atoms with van der Waals surface area (Å²) in [5.41, 5.74) is 3.34. The van der Waals surface area contributed by atoms with Gasteiger partial charge in [-0.3, -0.25) is 11.3 Å². The molecule has 0 spiro atoms. The number of benzene rings is 1. The number of nitrogens with one attached hydrogen (secondary N) is 1. The highest BCUT2D eigenvalue weighted by atomic mass is 35.5. The Balaban J connectivity index is 3.18. The van der Waals surface area contributed by atoms with Crippen molar-refractivity contribution in [3.8, 4) is 0 Å². The van der Waals surface area contributed by atoms with Crippen LogP contribution in [0.1, 0.15) is 38.8 Å². The van der Waals surface area contributed by atoms with Gasteiger partial charge in [0, 0.05) is 5.02 Å². The van der Waals surface area contributed by atoms with Crippen LogP contribution in [0.4, 0.5) is 4.39 Å². The Bertz CT molecular complexity index is 366. The first-order valence-corrected chi connectivity index (χ1v) is 5.71. The molecule has 0 heterocycles. The van der Waals surface area contributed by atoms with Crippen LogP contribution < -0.4 is 11.3 Å². The van der Waals surface area contributed by atoms with Gasteiger partial charge in [0.05, 0.1) is 6.04 Å². The van der Waals surface area contributed by atoms with Gasteiger partial charge in [0.2, 0.25) is 0 Å². The van der Waals surface area contributed by atoms with Crippen LogP contribution in [0, 0.1) is 11.2 Å². The van der Waals surface area contributed by atoms with Crippen LogP contribution in [0.25, 0.3) is 0 Å². The molecule has 3 N–H and O–H groups in total. The summed E-state index contributed by atoms with van der Waals surface area (Å²) < 4.78 is 13.2. The summed E-state index contributed by atoms with van der Waals surface area (Å²) in [7, 11) is 0. The molecule has 1 atom stereocenters. The molecule has 1 rings (SSSR count). The van der Waals surface area contributed by atoms with E-state index < -0.39 is 0 Å². The highest BCUT2D eigenvalue weighted by Gasteiger charge is 2.29. The van der Waals surface area contributed by atoms with Gasteiger partial charge in [-0.25, -0.2) is 4.39 Å². The number of halogens is 2. The maximum atomic E-state index is 13.2. The summed E-state index contributed by atoms with van der Waals surface area (Å²) in [6.45, 7) is 6.20. The van der Waals surface area contributed by atoms with Gasteiger partial charge >= 0.3 is 0 Å². The van der Waals surface area contributed by atoms with E-state index in [1.54, 1.807) is 6.07 Å². The lowest BCUT2D eigenvalue weighted by Crippen LogP contribution is -2.38. The quantitative estimate of drug-likeness (QED) is 0.629. The van der Waals surface area contributed by atoms with Crippen molar-refractivity contribution in [2.24, 2.45) is 11.3 Å². The minimum Gasteiger partial charge on any atom is -0.271 e. The Kier molecular flexibility index (Phi) is 4.30. The number of rotatable bonds is 4. The topological polar surface area (TPSA) is 38.0 Å². The van der Waals surface area contributed by atoms with E-state index in [4.69, 9.17) is 17.4 Å². The second-order valence-corrected chi connectivity index (χ2v) is 5.01. The molecule has 1 aromatic rings. The minimum atomic E-state index is -0.299. The average Bonchev–Trinajstić information content (AvgIpc) is 2.24. The fourth-order valence-electron chi connectivity index (χ4n) is 1.68. The van der Waals surface area contributed by atoms with Crippen molar-refractivity contribution in [1.29, 1.82) is 0 Å². The predicted molar refractivity (Wildman–Crippen MR) is 65.5 cm³/mol. The Labute approximate surface area is 101 Å². The summed E-state index contributed by atoms with van der Waals surface area (Å²) >= 11 is 6.07. The highest BCUT2D eigenvalue weighted by Crippen LogP contribution is 2.38. The molecule has 1 aromatic carbocycles. The van der Waals surface area contributed by atoms with Gasteiger partial charge in [-0.2, -0.15) is 0 Å². The Morgan fingerprint density at radius 3 is 2.62 bits per heavy atom. The van der Waals surface area contributed by atoms with Crippen LogP contribution in [0.5, 0.6) is 0 Å². The molecule has 0 radical (unpaired) electrons. The third kappa shape index (κ3) is 2.73. The molecule has 1 unspecified atom stereocenters. The third-order valence-electron chi connectivity index (χ3n) is 3.13. The summed E-state index contributed by atoms with van der Waals surface area (Å²) in [6.07, 6.45) is 0.911. The largest absolute Gasteiger partial charge is 0.271 e. The molecule has 0 aliphatic rings. The van der Waals surface area contributed by atoms with Crippen LogP contribution in [0.2, 0.25) is 5.02 Å². The molecule has 0 bridgehead atoms. The maximum absolute atomic E-state index is 13.2. The lowest BCUT2D eigenvalue weighted by molar-refractivity contribution is 0.236. The molecule has 90 valence electrons. The number of hydrogen-bond donors (Lipinski definition) is 2. The predicted octanol–water partition coefficient (Wildman–Crippen LogP) is 3.42. The van der Waals surface area contributed by atoms with Crippen LogP contribution in [-0.2, 0) is 0 Å². The van der Waals surface area contributed by atoms with E-state index in [1.165, 1.54) is 12.1 Å². The first-order chi connectivity index (χ1) is 7.42. The van der Waals surface area contributed by atoms with Crippen LogP contribution in [0.15, 0.2) is 18.2 Å². The van der Waals surface area contributed by atoms with E-state index in [0.29, 0.717) is 10.6 Å². The van der Waals surface area contributed by atoms with E-state index in [-0.39, 0.29) is 17.3 Å². The Hall–Kier alpha value is -0.640. The standard InChI is InChI=1S/C12H18ClFN2/c1-4-12(2,3)11(16-15)9-7-8(14)5-6-10(9)13/h5-7,11,16H,4,15H2,1-3H3. The van der Waals surface area contributed by atoms with E-state index in [2.05, 4.69) is 26.2 Å². The zero-order valence-corrected chi connectivity index (χ0v) is 10.6. The first kappa shape index (κ1) is 13.4. The Morgan fingerprint density at radius 1 is 1.50 bits per heavy atom. The highest BCUT2D eigenvalue weighted by molar-refractivity contribution is 6.31. The number of hydrazine groups is 1. The molecule has 0 saturated carbocycles. The van der Waals surface area contributed by atoms with E-state index in [1.807, 2.05) is 0 Å². The van der Waals surface area contributed by atoms with Gasteiger partial charge in [0.25, 0.3) is 0 Å². The minimum absolute atomic E-state index is 0.0911. The van der Waals surface area contributed by atoms with Crippen molar-refractivity contribution in [3.63, 3.8) is 0 Å². The third-order valence-corrected chi connectivity index (χ3v) is 3.47. The van der Waals surface area contributed by atoms with Gasteiger partial charge in [-0.05, 0) is 35.6 Å². The van der Waals surface area contributed by atoms with Crippen LogP contribution in [0.3, 0.4) is 0 Å². The summed E-state index contributed by atoms with van der Waals surface area (Å²) in [4.78, 5) is 0. The Morgan fingerprint density at radius 2 is 2.12 bits per heavy atom. The number of nitrogens with two attached hydrogens (primary N) is 1. The smallest absolute Gasteiger partial charge is 0.123 e. The SMILES string of the molecule is CCC(C)(C)C(NN)c1cc(F)ccc1Cl. The average molecular weight is 245 g/mol. The van der Waals surface area contributed by atoms with Crippen LogP contribution >= 0.6 is 11.6 Å². The zero-order valence-electron chi connectivity index (χ0n) is 9.85. The van der Waals surface area contributed by atoms with Crippen molar-refractivity contribution in [1.82, 2.24) is 5.43 Å². The molecule has 16 heavy (non-hydrogen) atoms. The molecule has 4 heteroatoms. The molecule has 0 aromatic heterocycles. The summed E-state index contributed by atoms with van der Waals surface area (Å²) in [5.74, 6) is 5.25. The van der Waals surface area contributed by atoms with Gasteiger partial charge in [-0.1, -0.05) is 32.4 Å². The van der Waals surface area contributed by atoms with Crippen molar-refractivity contribution in [2.75, 3.05) is 0 Å². The van der Waals surface area contributed by atoms with Gasteiger partial charge in [-0.15, -0.1) is 0 Å². The second-order valence-electron chi connectivity index (χ2n) is 4.61. The fraction of sp³-hybridized carbons (Fsp3) is 0.500. The second kappa shape index (κ2) is 5.13. The van der Waals surface area contributed by atoms with Crippen molar-refractivity contribution >= 4 is 11.6 Å². The lowest BCUT2D eigenvalue weighted by Gasteiger charge is -2.33. The normalized spacial score (nSPS) is 13.9. The summed E-state index contributed by atoms with van der Waals surface area (Å²) in [5, 5.41) is 0.533.